The van der Waals surface area contributed by atoms with Crippen LogP contribution in [0, 0.1) is 6.92 Å². The predicted octanol–water partition coefficient (Wildman–Crippen LogP) is 2.67. The maximum atomic E-state index is 12.4. The van der Waals surface area contributed by atoms with E-state index in [1.165, 1.54) is 0 Å². The highest BCUT2D eigenvalue weighted by atomic mass is 16.2. The second kappa shape index (κ2) is 8.21. The van der Waals surface area contributed by atoms with Crippen molar-refractivity contribution in [3.63, 3.8) is 0 Å². The number of nitrogens with one attached hydrogen (secondary N) is 1. The second-order valence-electron chi connectivity index (χ2n) is 6.72. The number of carbonyl (C=O) groups excluding carboxylic acids is 1. The lowest BCUT2D eigenvalue weighted by molar-refractivity contribution is -0.126. The normalized spacial score (nSPS) is 17.2. The molecule has 2 aromatic rings. The molecule has 1 N–H and O–H groups in total. The Morgan fingerprint density at radius 2 is 1.96 bits per heavy atom. The molecule has 5 nitrogen and oxygen atoms in total. The summed E-state index contributed by atoms with van der Waals surface area (Å²) in [5.41, 5.74) is 2.26. The largest absolute Gasteiger partial charge is 0.351 e. The van der Waals surface area contributed by atoms with Crippen molar-refractivity contribution in [2.45, 2.75) is 45.2 Å². The Kier molecular flexibility index (Phi) is 5.76. The SMILES string of the molecule is Cc1nccc(C2CCN(C(C)C(=O)NCc3ccccc3)CC2)n1. The van der Waals surface area contributed by atoms with Gasteiger partial charge in [0.25, 0.3) is 0 Å². The van der Waals surface area contributed by atoms with Crippen molar-refractivity contribution in [3.8, 4) is 0 Å². The number of carbonyl (C=O) groups is 1. The first-order chi connectivity index (χ1) is 12.1. The fourth-order valence-electron chi connectivity index (χ4n) is 3.38. The van der Waals surface area contributed by atoms with E-state index in [4.69, 9.17) is 0 Å². The molecule has 1 aliphatic rings. The molecule has 1 saturated heterocycles. The zero-order valence-electron chi connectivity index (χ0n) is 15.0. The van der Waals surface area contributed by atoms with E-state index in [-0.39, 0.29) is 11.9 Å². The summed E-state index contributed by atoms with van der Waals surface area (Å²) in [4.78, 5) is 23.4. The minimum Gasteiger partial charge on any atom is -0.351 e. The molecule has 1 fully saturated rings. The number of aromatic nitrogens is 2. The van der Waals surface area contributed by atoms with E-state index in [2.05, 4.69) is 20.2 Å². The van der Waals surface area contributed by atoms with Crippen molar-refractivity contribution >= 4 is 5.91 Å². The molecule has 1 atom stereocenters. The molecule has 132 valence electrons. The van der Waals surface area contributed by atoms with Gasteiger partial charge in [-0.15, -0.1) is 0 Å². The summed E-state index contributed by atoms with van der Waals surface area (Å²) in [6.07, 6.45) is 3.91. The highest BCUT2D eigenvalue weighted by molar-refractivity contribution is 5.81. The summed E-state index contributed by atoms with van der Waals surface area (Å²) >= 11 is 0. The van der Waals surface area contributed by atoms with E-state index >= 15 is 0 Å². The third kappa shape index (κ3) is 4.63. The zero-order valence-corrected chi connectivity index (χ0v) is 15.0. The van der Waals surface area contributed by atoms with Crippen LogP contribution in [0.3, 0.4) is 0 Å². The van der Waals surface area contributed by atoms with Gasteiger partial charge >= 0.3 is 0 Å². The molecule has 1 unspecified atom stereocenters. The maximum Gasteiger partial charge on any atom is 0.237 e. The first-order valence-corrected chi connectivity index (χ1v) is 8.98. The van der Waals surface area contributed by atoms with Gasteiger partial charge in [-0.3, -0.25) is 9.69 Å². The van der Waals surface area contributed by atoms with Gasteiger partial charge in [-0.25, -0.2) is 9.97 Å². The van der Waals surface area contributed by atoms with Crippen molar-refractivity contribution in [1.82, 2.24) is 20.2 Å². The Morgan fingerprint density at radius 1 is 1.24 bits per heavy atom. The number of nitrogens with zero attached hydrogens (tertiary/aromatic N) is 3. The summed E-state index contributed by atoms with van der Waals surface area (Å²) in [5, 5.41) is 3.05. The fraction of sp³-hybridized carbons (Fsp3) is 0.450. The number of hydrogen-bond donors (Lipinski definition) is 1. The topological polar surface area (TPSA) is 58.1 Å². The minimum absolute atomic E-state index is 0.0974. The molecule has 1 aromatic carbocycles. The molecule has 0 saturated carbocycles. The standard InChI is InChI=1S/C20H26N4O/c1-15(20(25)22-14-17-6-4-3-5-7-17)24-12-9-18(10-13-24)19-8-11-21-16(2)23-19/h3-8,11,15,18H,9-10,12-14H2,1-2H3,(H,22,25). The van der Waals surface area contributed by atoms with Crippen LogP contribution in [0.1, 0.15) is 42.8 Å². The first-order valence-electron chi connectivity index (χ1n) is 8.98. The van der Waals surface area contributed by atoms with Crippen molar-refractivity contribution in [1.29, 1.82) is 0 Å². The maximum absolute atomic E-state index is 12.4. The van der Waals surface area contributed by atoms with Gasteiger partial charge in [-0.05, 0) is 51.4 Å². The molecule has 0 spiro atoms. The van der Waals surface area contributed by atoms with Gasteiger partial charge in [0.2, 0.25) is 5.91 Å². The predicted molar refractivity (Wildman–Crippen MR) is 98.1 cm³/mol. The molecule has 5 heteroatoms. The van der Waals surface area contributed by atoms with E-state index in [0.29, 0.717) is 12.5 Å². The van der Waals surface area contributed by atoms with Crippen molar-refractivity contribution in [2.75, 3.05) is 13.1 Å². The smallest absolute Gasteiger partial charge is 0.237 e. The third-order valence-corrected chi connectivity index (χ3v) is 4.98. The summed E-state index contributed by atoms with van der Waals surface area (Å²) in [7, 11) is 0. The molecule has 1 amide bonds. The van der Waals surface area contributed by atoms with E-state index in [9.17, 15) is 4.79 Å². The molecule has 0 aliphatic carbocycles. The Morgan fingerprint density at radius 3 is 2.64 bits per heavy atom. The van der Waals surface area contributed by atoms with Gasteiger partial charge in [0.15, 0.2) is 0 Å². The lowest BCUT2D eigenvalue weighted by Gasteiger charge is -2.35. The summed E-state index contributed by atoms with van der Waals surface area (Å²) in [5.74, 6) is 1.39. The number of benzene rings is 1. The van der Waals surface area contributed by atoms with Crippen molar-refractivity contribution in [2.24, 2.45) is 0 Å². The molecule has 25 heavy (non-hydrogen) atoms. The Hall–Kier alpha value is -2.27. The average Bonchev–Trinajstić information content (AvgIpc) is 2.66. The number of rotatable bonds is 5. The van der Waals surface area contributed by atoms with Crippen LogP contribution < -0.4 is 5.32 Å². The highest BCUT2D eigenvalue weighted by Crippen LogP contribution is 2.27. The van der Waals surface area contributed by atoms with Gasteiger partial charge in [-0.1, -0.05) is 30.3 Å². The minimum atomic E-state index is -0.100. The molecule has 0 bridgehead atoms. The Labute approximate surface area is 149 Å². The van der Waals surface area contributed by atoms with E-state index in [1.54, 1.807) is 0 Å². The molecular formula is C20H26N4O. The first kappa shape index (κ1) is 17.5. The summed E-state index contributed by atoms with van der Waals surface area (Å²) < 4.78 is 0. The summed E-state index contributed by atoms with van der Waals surface area (Å²) in [6.45, 7) is 6.36. The van der Waals surface area contributed by atoms with Crippen LogP contribution in [-0.4, -0.2) is 39.9 Å². The van der Waals surface area contributed by atoms with Gasteiger partial charge in [0.05, 0.1) is 6.04 Å². The number of likely N-dealkylation sites (tertiary alicyclic amines) is 1. The van der Waals surface area contributed by atoms with Gasteiger partial charge in [-0.2, -0.15) is 0 Å². The van der Waals surface area contributed by atoms with E-state index in [0.717, 1.165) is 43.0 Å². The third-order valence-electron chi connectivity index (χ3n) is 4.98. The van der Waals surface area contributed by atoms with E-state index < -0.39 is 0 Å². The van der Waals surface area contributed by atoms with Crippen molar-refractivity contribution < 1.29 is 4.79 Å². The number of piperidine rings is 1. The van der Waals surface area contributed by atoms with Gasteiger partial charge < -0.3 is 5.32 Å². The van der Waals surface area contributed by atoms with Crippen LogP contribution in [0.25, 0.3) is 0 Å². The molecule has 1 aliphatic heterocycles. The molecule has 0 radical (unpaired) electrons. The lowest BCUT2D eigenvalue weighted by atomic mass is 9.92. The van der Waals surface area contributed by atoms with Crippen LogP contribution >= 0.6 is 0 Å². The fourth-order valence-corrected chi connectivity index (χ4v) is 3.38. The van der Waals surface area contributed by atoms with Crippen LogP contribution in [0.15, 0.2) is 42.6 Å². The number of amides is 1. The van der Waals surface area contributed by atoms with Crippen LogP contribution in [0.4, 0.5) is 0 Å². The molecule has 3 rings (SSSR count). The number of aryl methyl sites for hydroxylation is 1. The average molecular weight is 338 g/mol. The van der Waals surface area contributed by atoms with Gasteiger partial charge in [0, 0.05) is 24.4 Å². The van der Waals surface area contributed by atoms with Crippen LogP contribution in [0.5, 0.6) is 0 Å². The van der Waals surface area contributed by atoms with Crippen molar-refractivity contribution in [3.05, 3.63) is 59.7 Å². The number of hydrogen-bond acceptors (Lipinski definition) is 4. The second-order valence-corrected chi connectivity index (χ2v) is 6.72. The zero-order chi connectivity index (χ0) is 17.6. The lowest BCUT2D eigenvalue weighted by Crippen LogP contribution is -2.47. The van der Waals surface area contributed by atoms with Gasteiger partial charge in [0.1, 0.15) is 5.82 Å². The van der Waals surface area contributed by atoms with Crippen LogP contribution in [0.2, 0.25) is 0 Å². The molecule has 1 aromatic heterocycles. The molecular weight excluding hydrogens is 312 g/mol. The Balaban J connectivity index is 1.49. The quantitative estimate of drug-likeness (QED) is 0.911. The monoisotopic (exact) mass is 338 g/mol. The Bertz CT molecular complexity index is 696. The molecule has 2 heterocycles. The van der Waals surface area contributed by atoms with Crippen LogP contribution in [-0.2, 0) is 11.3 Å². The summed E-state index contributed by atoms with van der Waals surface area (Å²) in [6, 6.07) is 11.9. The van der Waals surface area contributed by atoms with E-state index in [1.807, 2.05) is 56.4 Å². The highest BCUT2D eigenvalue weighted by Gasteiger charge is 2.27.